The molecule has 90 valence electrons. The maximum atomic E-state index is 8.86. The molecule has 0 saturated carbocycles. The Morgan fingerprint density at radius 3 is 2.88 bits per heavy atom. The highest BCUT2D eigenvalue weighted by Crippen LogP contribution is 2.25. The van der Waals surface area contributed by atoms with E-state index < -0.39 is 0 Å². The lowest BCUT2D eigenvalue weighted by atomic mass is 10.1. The van der Waals surface area contributed by atoms with Gasteiger partial charge in [0.15, 0.2) is 0 Å². The molecular weight excluding hydrogens is 234 g/mol. The van der Waals surface area contributed by atoms with Gasteiger partial charge >= 0.3 is 0 Å². The van der Waals surface area contributed by atoms with Crippen molar-refractivity contribution in [1.82, 2.24) is 5.32 Å². The van der Waals surface area contributed by atoms with Crippen LogP contribution in [0.2, 0.25) is 5.02 Å². The predicted molar refractivity (Wildman–Crippen MR) is 70.4 cm³/mol. The Hall–Kier alpha value is -1.24. The van der Waals surface area contributed by atoms with Crippen LogP contribution in [-0.4, -0.2) is 25.2 Å². The zero-order valence-corrected chi connectivity index (χ0v) is 10.8. The number of halogens is 1. The highest BCUT2D eigenvalue weighted by atomic mass is 35.5. The highest BCUT2D eigenvalue weighted by molar-refractivity contribution is 6.32. The summed E-state index contributed by atoms with van der Waals surface area (Å²) in [4.78, 5) is 2.33. The number of nitriles is 1. The maximum absolute atomic E-state index is 8.86. The van der Waals surface area contributed by atoms with Crippen LogP contribution < -0.4 is 10.2 Å². The lowest BCUT2D eigenvalue weighted by Crippen LogP contribution is -2.54. The van der Waals surface area contributed by atoms with Crippen LogP contribution in [0.5, 0.6) is 0 Å². The van der Waals surface area contributed by atoms with Crippen LogP contribution in [0.4, 0.5) is 5.69 Å². The van der Waals surface area contributed by atoms with E-state index in [2.05, 4.69) is 30.1 Å². The molecule has 0 aromatic heterocycles. The van der Waals surface area contributed by atoms with E-state index in [9.17, 15) is 0 Å². The molecule has 4 heteroatoms. The van der Waals surface area contributed by atoms with Gasteiger partial charge in [0.25, 0.3) is 0 Å². The summed E-state index contributed by atoms with van der Waals surface area (Å²) >= 11 is 6.07. The van der Waals surface area contributed by atoms with Crippen LogP contribution >= 0.6 is 11.6 Å². The summed E-state index contributed by atoms with van der Waals surface area (Å²) in [5.74, 6) is 0. The van der Waals surface area contributed by atoms with E-state index in [4.69, 9.17) is 16.9 Å². The van der Waals surface area contributed by atoms with Crippen molar-refractivity contribution in [3.63, 3.8) is 0 Å². The molecule has 0 spiro atoms. The van der Waals surface area contributed by atoms with Crippen LogP contribution in [0.25, 0.3) is 0 Å². The average molecular weight is 250 g/mol. The van der Waals surface area contributed by atoms with Gasteiger partial charge in [-0.2, -0.15) is 5.26 Å². The van der Waals surface area contributed by atoms with E-state index in [-0.39, 0.29) is 0 Å². The lowest BCUT2D eigenvalue weighted by Gasteiger charge is -2.39. The third kappa shape index (κ3) is 2.54. The fourth-order valence-electron chi connectivity index (χ4n) is 2.15. The van der Waals surface area contributed by atoms with Crippen LogP contribution in [0.1, 0.15) is 19.4 Å². The lowest BCUT2D eigenvalue weighted by molar-refractivity contribution is 0.425. The molecule has 2 atom stereocenters. The zero-order valence-electron chi connectivity index (χ0n) is 10.1. The SMILES string of the molecule is CC1CN[C@H](C)CN1c1ccc(C#N)c(Cl)c1. The van der Waals surface area contributed by atoms with E-state index in [0.29, 0.717) is 22.7 Å². The Morgan fingerprint density at radius 1 is 1.47 bits per heavy atom. The molecular formula is C13H16ClN3. The van der Waals surface area contributed by atoms with Crippen LogP contribution in [0, 0.1) is 11.3 Å². The van der Waals surface area contributed by atoms with Gasteiger partial charge in [0.05, 0.1) is 10.6 Å². The van der Waals surface area contributed by atoms with Crippen LogP contribution in [0.3, 0.4) is 0 Å². The third-order valence-corrected chi connectivity index (χ3v) is 3.48. The van der Waals surface area contributed by atoms with Crippen molar-refractivity contribution in [2.75, 3.05) is 18.0 Å². The Kier molecular flexibility index (Phi) is 3.56. The summed E-state index contributed by atoms with van der Waals surface area (Å²) in [6.07, 6.45) is 0. The molecule has 1 heterocycles. The topological polar surface area (TPSA) is 39.1 Å². The smallest absolute Gasteiger partial charge is 0.101 e. The molecule has 1 aromatic rings. The van der Waals surface area contributed by atoms with Gasteiger partial charge in [0.2, 0.25) is 0 Å². The van der Waals surface area contributed by atoms with Crippen molar-refractivity contribution in [2.24, 2.45) is 0 Å². The quantitative estimate of drug-likeness (QED) is 0.831. The van der Waals surface area contributed by atoms with E-state index in [1.165, 1.54) is 0 Å². The second-order valence-corrected chi connectivity index (χ2v) is 4.99. The summed E-state index contributed by atoms with van der Waals surface area (Å²) in [5.41, 5.74) is 1.63. The highest BCUT2D eigenvalue weighted by Gasteiger charge is 2.22. The van der Waals surface area contributed by atoms with E-state index in [1.807, 2.05) is 12.1 Å². The molecule has 0 radical (unpaired) electrons. The van der Waals surface area contributed by atoms with Crippen molar-refractivity contribution in [2.45, 2.75) is 25.9 Å². The summed E-state index contributed by atoms with van der Waals surface area (Å²) < 4.78 is 0. The van der Waals surface area contributed by atoms with Crippen molar-refractivity contribution in [1.29, 1.82) is 5.26 Å². The summed E-state index contributed by atoms with van der Waals surface area (Å²) in [6.45, 7) is 6.29. The summed E-state index contributed by atoms with van der Waals surface area (Å²) in [6, 6.07) is 8.64. The molecule has 1 saturated heterocycles. The Bertz CT molecular complexity index is 452. The molecule has 1 unspecified atom stereocenters. The molecule has 0 bridgehead atoms. The monoisotopic (exact) mass is 249 g/mol. The second-order valence-electron chi connectivity index (χ2n) is 4.59. The van der Waals surface area contributed by atoms with Crippen molar-refractivity contribution >= 4 is 17.3 Å². The Morgan fingerprint density at radius 2 is 2.24 bits per heavy atom. The van der Waals surface area contributed by atoms with Gasteiger partial charge < -0.3 is 10.2 Å². The minimum Gasteiger partial charge on any atom is -0.366 e. The minimum absolute atomic E-state index is 0.440. The minimum atomic E-state index is 0.440. The van der Waals surface area contributed by atoms with Crippen molar-refractivity contribution < 1.29 is 0 Å². The van der Waals surface area contributed by atoms with Gasteiger partial charge in [0.1, 0.15) is 6.07 Å². The fraction of sp³-hybridized carbons (Fsp3) is 0.462. The number of hydrogen-bond acceptors (Lipinski definition) is 3. The molecule has 1 fully saturated rings. The van der Waals surface area contributed by atoms with E-state index in [0.717, 1.165) is 18.8 Å². The third-order valence-electron chi connectivity index (χ3n) is 3.17. The normalized spacial score (nSPS) is 24.5. The van der Waals surface area contributed by atoms with Gasteiger partial charge in [-0.3, -0.25) is 0 Å². The molecule has 0 amide bonds. The number of nitrogens with one attached hydrogen (secondary N) is 1. The fourth-order valence-corrected chi connectivity index (χ4v) is 2.37. The number of benzene rings is 1. The van der Waals surface area contributed by atoms with Gasteiger partial charge in [-0.1, -0.05) is 11.6 Å². The van der Waals surface area contributed by atoms with Crippen molar-refractivity contribution in [3.8, 4) is 6.07 Å². The average Bonchev–Trinajstić information content (AvgIpc) is 2.32. The number of piperazine rings is 1. The summed E-state index contributed by atoms with van der Waals surface area (Å²) in [5, 5.41) is 12.8. The van der Waals surface area contributed by atoms with Gasteiger partial charge in [-0.05, 0) is 32.0 Å². The first kappa shape index (κ1) is 12.2. The van der Waals surface area contributed by atoms with Gasteiger partial charge in [-0.25, -0.2) is 0 Å². The standard InChI is InChI=1S/C13H16ClN3/c1-9-8-17(10(2)7-16-9)12-4-3-11(6-15)13(14)5-12/h3-5,9-10,16H,7-8H2,1-2H3/t9-,10?/m1/s1. The number of anilines is 1. The molecule has 1 aliphatic heterocycles. The molecule has 1 N–H and O–H groups in total. The molecule has 2 rings (SSSR count). The van der Waals surface area contributed by atoms with Crippen LogP contribution in [0.15, 0.2) is 18.2 Å². The number of rotatable bonds is 1. The first-order valence-corrected chi connectivity index (χ1v) is 6.19. The Labute approximate surface area is 107 Å². The van der Waals surface area contributed by atoms with E-state index in [1.54, 1.807) is 6.07 Å². The first-order chi connectivity index (χ1) is 8.11. The molecule has 0 aliphatic carbocycles. The maximum Gasteiger partial charge on any atom is 0.101 e. The zero-order chi connectivity index (χ0) is 12.4. The molecule has 3 nitrogen and oxygen atoms in total. The van der Waals surface area contributed by atoms with Gasteiger partial charge in [-0.15, -0.1) is 0 Å². The summed E-state index contributed by atoms with van der Waals surface area (Å²) in [7, 11) is 0. The van der Waals surface area contributed by atoms with Gasteiger partial charge in [0, 0.05) is 30.9 Å². The molecule has 1 aromatic carbocycles. The molecule has 17 heavy (non-hydrogen) atoms. The van der Waals surface area contributed by atoms with Crippen LogP contribution in [-0.2, 0) is 0 Å². The number of hydrogen-bond donors (Lipinski definition) is 1. The Balaban J connectivity index is 2.27. The molecule has 1 aliphatic rings. The second kappa shape index (κ2) is 4.95. The largest absolute Gasteiger partial charge is 0.366 e. The predicted octanol–water partition coefficient (Wildman–Crippen LogP) is 2.40. The number of nitrogens with zero attached hydrogens (tertiary/aromatic N) is 2. The van der Waals surface area contributed by atoms with Crippen molar-refractivity contribution in [3.05, 3.63) is 28.8 Å². The first-order valence-electron chi connectivity index (χ1n) is 5.81. The van der Waals surface area contributed by atoms with E-state index >= 15 is 0 Å².